The van der Waals surface area contributed by atoms with E-state index in [0.29, 0.717) is 19.4 Å². The highest BCUT2D eigenvalue weighted by molar-refractivity contribution is 7.07. The molecule has 0 unspecified atom stereocenters. The summed E-state index contributed by atoms with van der Waals surface area (Å²) < 4.78 is 0. The topological polar surface area (TPSA) is 79.3 Å². The molecule has 1 amide bonds. The van der Waals surface area contributed by atoms with Crippen molar-refractivity contribution in [3.63, 3.8) is 0 Å². The second kappa shape index (κ2) is 5.27. The molecule has 0 saturated heterocycles. The molecule has 2 atom stereocenters. The van der Waals surface area contributed by atoms with Crippen LogP contribution in [0.2, 0.25) is 0 Å². The van der Waals surface area contributed by atoms with Gasteiger partial charge in [0.2, 0.25) is 5.91 Å². The third kappa shape index (κ3) is 2.82. The summed E-state index contributed by atoms with van der Waals surface area (Å²) in [5.74, 6) is -1.93. The molecule has 1 aromatic heterocycles. The van der Waals surface area contributed by atoms with Crippen molar-refractivity contribution < 1.29 is 14.7 Å². The van der Waals surface area contributed by atoms with Crippen molar-refractivity contribution in [1.82, 2.24) is 10.3 Å². The molecule has 1 aromatic rings. The van der Waals surface area contributed by atoms with Crippen molar-refractivity contribution in [1.29, 1.82) is 0 Å². The van der Waals surface area contributed by atoms with Crippen LogP contribution in [0.15, 0.2) is 10.9 Å². The second-order valence-corrected chi connectivity index (χ2v) is 4.90. The van der Waals surface area contributed by atoms with Gasteiger partial charge in [0.15, 0.2) is 0 Å². The Morgan fingerprint density at radius 1 is 1.47 bits per heavy atom. The fourth-order valence-corrected chi connectivity index (χ4v) is 2.76. The first-order valence-electron chi connectivity index (χ1n) is 5.56. The van der Waals surface area contributed by atoms with E-state index < -0.39 is 11.9 Å². The molecule has 0 spiro atoms. The van der Waals surface area contributed by atoms with Crippen LogP contribution in [0.5, 0.6) is 0 Å². The Morgan fingerprint density at radius 2 is 2.24 bits per heavy atom. The zero-order valence-electron chi connectivity index (χ0n) is 9.26. The number of thiazole rings is 1. The van der Waals surface area contributed by atoms with Gasteiger partial charge in [-0.15, -0.1) is 11.3 Å². The van der Waals surface area contributed by atoms with Crippen LogP contribution in [0.4, 0.5) is 0 Å². The fourth-order valence-electron chi connectivity index (χ4n) is 2.20. The summed E-state index contributed by atoms with van der Waals surface area (Å²) in [5, 5.41) is 13.6. The number of nitrogens with one attached hydrogen (secondary N) is 1. The lowest BCUT2D eigenvalue weighted by molar-refractivity contribution is -0.146. The van der Waals surface area contributed by atoms with Crippen LogP contribution in [0.25, 0.3) is 0 Å². The van der Waals surface area contributed by atoms with E-state index in [1.54, 1.807) is 5.51 Å². The van der Waals surface area contributed by atoms with Gasteiger partial charge in [-0.25, -0.2) is 4.98 Å². The normalized spacial score (nSPS) is 23.5. The molecule has 0 bridgehead atoms. The maximum atomic E-state index is 11.9. The van der Waals surface area contributed by atoms with Gasteiger partial charge in [0.25, 0.3) is 0 Å². The molecule has 6 heteroatoms. The van der Waals surface area contributed by atoms with E-state index in [1.165, 1.54) is 11.3 Å². The molecule has 5 nitrogen and oxygen atoms in total. The van der Waals surface area contributed by atoms with Gasteiger partial charge in [-0.2, -0.15) is 0 Å². The summed E-state index contributed by atoms with van der Waals surface area (Å²) in [6, 6.07) is 0. The number of aliphatic carboxylic acids is 1. The number of hydrogen-bond donors (Lipinski definition) is 2. The summed E-state index contributed by atoms with van der Waals surface area (Å²) in [5.41, 5.74) is 2.52. The van der Waals surface area contributed by atoms with E-state index in [2.05, 4.69) is 10.3 Å². The fraction of sp³-hybridized carbons (Fsp3) is 0.545. The van der Waals surface area contributed by atoms with E-state index in [4.69, 9.17) is 5.11 Å². The number of carboxylic acids is 1. The van der Waals surface area contributed by atoms with Crippen LogP contribution in [-0.2, 0) is 16.1 Å². The van der Waals surface area contributed by atoms with Gasteiger partial charge in [-0.05, 0) is 12.8 Å². The minimum Gasteiger partial charge on any atom is -0.481 e. The van der Waals surface area contributed by atoms with Crippen molar-refractivity contribution in [2.24, 2.45) is 11.8 Å². The number of hydrogen-bond acceptors (Lipinski definition) is 4. The van der Waals surface area contributed by atoms with E-state index in [1.807, 2.05) is 5.38 Å². The lowest BCUT2D eigenvalue weighted by Gasteiger charge is -2.14. The molecule has 1 aliphatic rings. The van der Waals surface area contributed by atoms with E-state index in [-0.39, 0.29) is 11.8 Å². The zero-order valence-corrected chi connectivity index (χ0v) is 10.1. The Bertz CT molecular complexity index is 405. The molecule has 1 heterocycles. The first-order chi connectivity index (χ1) is 8.18. The minimum absolute atomic E-state index is 0.164. The molecule has 17 heavy (non-hydrogen) atoms. The molecule has 0 aromatic carbocycles. The van der Waals surface area contributed by atoms with Crippen LogP contribution in [0.3, 0.4) is 0 Å². The molecule has 92 valence electrons. The molecule has 2 N–H and O–H groups in total. The number of amides is 1. The van der Waals surface area contributed by atoms with Gasteiger partial charge >= 0.3 is 5.97 Å². The van der Waals surface area contributed by atoms with E-state index >= 15 is 0 Å². The highest BCUT2D eigenvalue weighted by Crippen LogP contribution is 2.32. The van der Waals surface area contributed by atoms with Gasteiger partial charge < -0.3 is 10.4 Å². The van der Waals surface area contributed by atoms with Gasteiger partial charge in [0.1, 0.15) is 0 Å². The second-order valence-electron chi connectivity index (χ2n) is 4.18. The third-order valence-corrected chi connectivity index (χ3v) is 3.73. The van der Waals surface area contributed by atoms with Crippen molar-refractivity contribution in [3.8, 4) is 0 Å². The molecule has 1 aliphatic carbocycles. The number of carbonyl (C=O) groups excluding carboxylic acids is 1. The van der Waals surface area contributed by atoms with Gasteiger partial charge in [-0.3, -0.25) is 9.59 Å². The van der Waals surface area contributed by atoms with Crippen LogP contribution in [0.1, 0.15) is 25.0 Å². The highest BCUT2D eigenvalue weighted by atomic mass is 32.1. The Labute approximate surface area is 103 Å². The Balaban J connectivity index is 1.89. The van der Waals surface area contributed by atoms with Crippen LogP contribution in [-0.4, -0.2) is 22.0 Å². The van der Waals surface area contributed by atoms with Crippen LogP contribution < -0.4 is 5.32 Å². The molecular formula is C11H14N2O3S. The van der Waals surface area contributed by atoms with Crippen LogP contribution in [0, 0.1) is 11.8 Å². The van der Waals surface area contributed by atoms with Crippen LogP contribution >= 0.6 is 11.3 Å². The predicted octanol–water partition coefficient (Wildman–Crippen LogP) is 1.26. The van der Waals surface area contributed by atoms with Gasteiger partial charge in [-0.1, -0.05) is 6.42 Å². The zero-order chi connectivity index (χ0) is 12.3. The molecule has 0 radical (unpaired) electrons. The molecule has 1 fully saturated rings. The minimum atomic E-state index is -0.865. The summed E-state index contributed by atoms with van der Waals surface area (Å²) in [6.45, 7) is 0.380. The van der Waals surface area contributed by atoms with Gasteiger partial charge in [0, 0.05) is 5.38 Å². The quantitative estimate of drug-likeness (QED) is 0.847. The summed E-state index contributed by atoms with van der Waals surface area (Å²) in [6.07, 6.45) is 2.08. The SMILES string of the molecule is O=C(O)[C@H]1CCC[C@H]1C(=O)NCc1cscn1. The number of carboxylic acid groups (broad SMARTS) is 1. The molecular weight excluding hydrogens is 240 g/mol. The number of nitrogens with zero attached hydrogens (tertiary/aromatic N) is 1. The molecule has 0 aliphatic heterocycles. The lowest BCUT2D eigenvalue weighted by atomic mass is 9.95. The predicted molar refractivity (Wildman–Crippen MR) is 62.4 cm³/mol. The third-order valence-electron chi connectivity index (χ3n) is 3.10. The smallest absolute Gasteiger partial charge is 0.307 e. The maximum absolute atomic E-state index is 11.9. The van der Waals surface area contributed by atoms with E-state index in [9.17, 15) is 9.59 Å². The average Bonchev–Trinajstić information content (AvgIpc) is 2.96. The first kappa shape index (κ1) is 12.0. The Kier molecular flexibility index (Phi) is 3.73. The standard InChI is InChI=1S/C11H14N2O3S/c14-10(12-4-7-5-17-6-13-7)8-2-1-3-9(8)11(15)16/h5-6,8-9H,1-4H2,(H,12,14)(H,15,16)/t8-,9+/m1/s1. The summed E-state index contributed by atoms with van der Waals surface area (Å²) >= 11 is 1.47. The summed E-state index contributed by atoms with van der Waals surface area (Å²) in [7, 11) is 0. The largest absolute Gasteiger partial charge is 0.481 e. The van der Waals surface area contributed by atoms with Crippen molar-refractivity contribution in [3.05, 3.63) is 16.6 Å². The number of rotatable bonds is 4. The molecule has 1 saturated carbocycles. The average molecular weight is 254 g/mol. The van der Waals surface area contributed by atoms with E-state index in [0.717, 1.165) is 12.1 Å². The lowest BCUT2D eigenvalue weighted by Crippen LogP contribution is -2.34. The molecule has 2 rings (SSSR count). The first-order valence-corrected chi connectivity index (χ1v) is 6.50. The summed E-state index contributed by atoms with van der Waals surface area (Å²) in [4.78, 5) is 26.9. The monoisotopic (exact) mass is 254 g/mol. The number of carbonyl (C=O) groups is 2. The maximum Gasteiger partial charge on any atom is 0.307 e. The number of aromatic nitrogens is 1. The Hall–Kier alpha value is -1.43. The van der Waals surface area contributed by atoms with Gasteiger partial charge in [0.05, 0.1) is 29.6 Å². The van der Waals surface area contributed by atoms with Crippen molar-refractivity contribution in [2.45, 2.75) is 25.8 Å². The van der Waals surface area contributed by atoms with Crippen molar-refractivity contribution >= 4 is 23.2 Å². The van der Waals surface area contributed by atoms with Crippen molar-refractivity contribution in [2.75, 3.05) is 0 Å². The Morgan fingerprint density at radius 3 is 2.88 bits per heavy atom. The highest BCUT2D eigenvalue weighted by Gasteiger charge is 2.37.